The summed E-state index contributed by atoms with van der Waals surface area (Å²) in [4.78, 5) is 0. The standard InChI is InChI=1S/C16H18O2/c1-7-13-9-3-5-11(17-9)15(13)8(2)16-12-6-4-10(18-12)14(7)16/h9-12H,3-6H2,1-2H3/t9-,10-,11-,12-/m1/s1. The van der Waals surface area contributed by atoms with Gasteiger partial charge >= 0.3 is 0 Å². The molecule has 0 radical (unpaired) electrons. The van der Waals surface area contributed by atoms with E-state index in [-0.39, 0.29) is 0 Å². The summed E-state index contributed by atoms with van der Waals surface area (Å²) in [6.07, 6.45) is 6.39. The van der Waals surface area contributed by atoms with Gasteiger partial charge in [-0.2, -0.15) is 0 Å². The second-order valence-electron chi connectivity index (χ2n) is 6.29. The van der Waals surface area contributed by atoms with Crippen LogP contribution in [0.2, 0.25) is 0 Å². The van der Waals surface area contributed by atoms with E-state index in [9.17, 15) is 0 Å². The van der Waals surface area contributed by atoms with Crippen LogP contribution < -0.4 is 0 Å². The highest BCUT2D eigenvalue weighted by atomic mass is 16.5. The number of fused-ring (bicyclic) bond motifs is 10. The van der Waals surface area contributed by atoms with E-state index in [0.717, 1.165) is 0 Å². The average molecular weight is 242 g/mol. The number of benzene rings is 1. The first kappa shape index (κ1) is 9.99. The molecule has 4 aliphatic rings. The molecular formula is C16H18O2. The van der Waals surface area contributed by atoms with E-state index in [1.165, 1.54) is 59.1 Å². The molecular weight excluding hydrogens is 224 g/mol. The van der Waals surface area contributed by atoms with Gasteiger partial charge in [0.15, 0.2) is 0 Å². The molecule has 0 amide bonds. The Balaban J connectivity index is 1.87. The van der Waals surface area contributed by atoms with E-state index in [1.54, 1.807) is 0 Å². The lowest BCUT2D eigenvalue weighted by Gasteiger charge is -2.24. The van der Waals surface area contributed by atoms with Crippen LogP contribution in [0, 0.1) is 13.8 Å². The van der Waals surface area contributed by atoms with E-state index in [4.69, 9.17) is 9.47 Å². The van der Waals surface area contributed by atoms with Crippen molar-refractivity contribution >= 4 is 0 Å². The first-order valence-corrected chi connectivity index (χ1v) is 7.23. The number of hydrogen-bond acceptors (Lipinski definition) is 2. The second kappa shape index (κ2) is 3.00. The highest BCUT2D eigenvalue weighted by molar-refractivity contribution is 5.58. The van der Waals surface area contributed by atoms with Gasteiger partial charge in [0.05, 0.1) is 24.4 Å². The van der Waals surface area contributed by atoms with Crippen LogP contribution in [0.25, 0.3) is 0 Å². The van der Waals surface area contributed by atoms with Crippen molar-refractivity contribution < 1.29 is 9.47 Å². The van der Waals surface area contributed by atoms with Crippen LogP contribution in [0.1, 0.15) is 83.5 Å². The van der Waals surface area contributed by atoms with Gasteiger partial charge in [0, 0.05) is 0 Å². The molecule has 2 nitrogen and oxygen atoms in total. The number of ether oxygens (including phenoxy) is 2. The zero-order chi connectivity index (χ0) is 12.0. The molecule has 4 aliphatic heterocycles. The van der Waals surface area contributed by atoms with Crippen molar-refractivity contribution in [3.8, 4) is 0 Å². The highest BCUT2D eigenvalue weighted by Gasteiger charge is 2.47. The summed E-state index contributed by atoms with van der Waals surface area (Å²) in [5, 5.41) is 0. The summed E-state index contributed by atoms with van der Waals surface area (Å²) in [7, 11) is 0. The maximum atomic E-state index is 6.13. The summed E-state index contributed by atoms with van der Waals surface area (Å²) in [5.74, 6) is 0. The van der Waals surface area contributed by atoms with Gasteiger partial charge in [0.25, 0.3) is 0 Å². The van der Waals surface area contributed by atoms with Crippen LogP contribution in [0.4, 0.5) is 0 Å². The molecule has 0 N–H and O–H groups in total. The lowest BCUT2D eigenvalue weighted by atomic mass is 9.76. The summed E-state index contributed by atoms with van der Waals surface area (Å²) < 4.78 is 12.3. The van der Waals surface area contributed by atoms with E-state index < -0.39 is 0 Å². The molecule has 4 heterocycles. The van der Waals surface area contributed by atoms with Crippen LogP contribution in [0.15, 0.2) is 0 Å². The zero-order valence-electron chi connectivity index (χ0n) is 11.0. The number of rotatable bonds is 0. The molecule has 0 aromatic heterocycles. The Morgan fingerprint density at radius 1 is 0.611 bits per heavy atom. The summed E-state index contributed by atoms with van der Waals surface area (Å²) in [5.41, 5.74) is 9.09. The molecule has 0 unspecified atom stereocenters. The zero-order valence-corrected chi connectivity index (χ0v) is 11.0. The average Bonchev–Trinajstić information content (AvgIpc) is 3.10. The molecule has 1 aromatic carbocycles. The summed E-state index contributed by atoms with van der Waals surface area (Å²) in [6, 6.07) is 0. The van der Waals surface area contributed by atoms with Gasteiger partial charge < -0.3 is 9.47 Å². The van der Waals surface area contributed by atoms with Gasteiger partial charge in [0.1, 0.15) is 0 Å². The molecule has 4 bridgehead atoms. The third-order valence-corrected chi connectivity index (χ3v) is 5.52. The third-order valence-electron chi connectivity index (χ3n) is 5.52. The molecule has 2 heteroatoms. The molecule has 0 aliphatic carbocycles. The van der Waals surface area contributed by atoms with E-state index in [0.29, 0.717) is 24.4 Å². The minimum Gasteiger partial charge on any atom is -0.366 e. The maximum absolute atomic E-state index is 6.13. The minimum atomic E-state index is 0.383. The van der Waals surface area contributed by atoms with Gasteiger partial charge in [-0.15, -0.1) is 0 Å². The lowest BCUT2D eigenvalue weighted by molar-refractivity contribution is 0.0671. The Labute approximate surface area is 107 Å². The van der Waals surface area contributed by atoms with Crippen molar-refractivity contribution in [3.05, 3.63) is 33.4 Å². The van der Waals surface area contributed by atoms with E-state index >= 15 is 0 Å². The predicted molar refractivity (Wildman–Crippen MR) is 67.5 cm³/mol. The Bertz CT molecular complexity index is 479. The van der Waals surface area contributed by atoms with Crippen LogP contribution in [0.3, 0.4) is 0 Å². The van der Waals surface area contributed by atoms with Crippen molar-refractivity contribution in [3.63, 3.8) is 0 Å². The first-order valence-electron chi connectivity index (χ1n) is 7.23. The number of hydrogen-bond donors (Lipinski definition) is 0. The van der Waals surface area contributed by atoms with Gasteiger partial charge in [-0.25, -0.2) is 0 Å². The van der Waals surface area contributed by atoms with Crippen LogP contribution in [-0.4, -0.2) is 0 Å². The van der Waals surface area contributed by atoms with Crippen LogP contribution in [-0.2, 0) is 9.47 Å². The smallest absolute Gasteiger partial charge is 0.0840 e. The molecule has 18 heavy (non-hydrogen) atoms. The van der Waals surface area contributed by atoms with E-state index in [2.05, 4.69) is 13.8 Å². The Kier molecular flexibility index (Phi) is 1.66. The van der Waals surface area contributed by atoms with Crippen molar-refractivity contribution in [2.75, 3.05) is 0 Å². The van der Waals surface area contributed by atoms with E-state index in [1.807, 2.05) is 0 Å². The maximum Gasteiger partial charge on any atom is 0.0840 e. The van der Waals surface area contributed by atoms with Crippen molar-refractivity contribution in [2.45, 2.75) is 63.9 Å². The van der Waals surface area contributed by atoms with Crippen molar-refractivity contribution in [2.24, 2.45) is 0 Å². The van der Waals surface area contributed by atoms with Crippen LogP contribution in [0.5, 0.6) is 0 Å². The van der Waals surface area contributed by atoms with Gasteiger partial charge in [-0.1, -0.05) is 0 Å². The predicted octanol–water partition coefficient (Wildman–Crippen LogP) is 4.12. The van der Waals surface area contributed by atoms with Crippen molar-refractivity contribution in [1.82, 2.24) is 0 Å². The topological polar surface area (TPSA) is 18.5 Å². The Morgan fingerprint density at radius 2 is 0.889 bits per heavy atom. The largest absolute Gasteiger partial charge is 0.366 e. The minimum absolute atomic E-state index is 0.383. The molecule has 2 fully saturated rings. The fourth-order valence-electron chi connectivity index (χ4n) is 4.88. The summed E-state index contributed by atoms with van der Waals surface area (Å²) in [6.45, 7) is 4.59. The van der Waals surface area contributed by atoms with Gasteiger partial charge in [0.2, 0.25) is 0 Å². The fraction of sp³-hybridized carbons (Fsp3) is 0.625. The summed E-state index contributed by atoms with van der Waals surface area (Å²) >= 11 is 0. The second-order valence-corrected chi connectivity index (χ2v) is 6.29. The first-order chi connectivity index (χ1) is 8.75. The fourth-order valence-corrected chi connectivity index (χ4v) is 4.88. The molecule has 4 atom stereocenters. The molecule has 2 saturated heterocycles. The van der Waals surface area contributed by atoms with Gasteiger partial charge in [-0.3, -0.25) is 0 Å². The highest BCUT2D eigenvalue weighted by Crippen LogP contribution is 2.60. The molecule has 94 valence electrons. The molecule has 0 spiro atoms. The lowest BCUT2D eigenvalue weighted by Crippen LogP contribution is -2.11. The normalized spacial score (nSPS) is 38.3. The SMILES string of the molecule is Cc1c2c(c(C)c3c1[C@H]1CC[C@H]3O1)[C@H]1CC[C@H]2O1. The van der Waals surface area contributed by atoms with Crippen LogP contribution >= 0.6 is 0 Å². The Morgan fingerprint density at radius 3 is 1.17 bits per heavy atom. The molecule has 1 aromatic rings. The third kappa shape index (κ3) is 0.927. The Hall–Kier alpha value is -0.860. The quantitative estimate of drug-likeness (QED) is 0.681. The molecule has 5 rings (SSSR count). The monoisotopic (exact) mass is 242 g/mol. The molecule has 0 saturated carbocycles. The van der Waals surface area contributed by atoms with Crippen molar-refractivity contribution in [1.29, 1.82) is 0 Å². The van der Waals surface area contributed by atoms with Gasteiger partial charge in [-0.05, 0) is 72.9 Å².